The third-order valence-corrected chi connectivity index (χ3v) is 3.82. The molecule has 3 rings (SSSR count). The molecular weight excluding hydrogens is 264 g/mol. The second-order valence-corrected chi connectivity index (χ2v) is 5.54. The van der Waals surface area contributed by atoms with Crippen molar-refractivity contribution in [3.63, 3.8) is 0 Å². The Morgan fingerprint density at radius 3 is 2.72 bits per heavy atom. The summed E-state index contributed by atoms with van der Waals surface area (Å²) in [6.07, 6.45) is 0. The predicted octanol–water partition coefficient (Wildman–Crippen LogP) is 5.00. The molecule has 0 aliphatic heterocycles. The molecule has 0 aliphatic rings. The van der Waals surface area contributed by atoms with Crippen LogP contribution in [-0.4, -0.2) is 4.98 Å². The summed E-state index contributed by atoms with van der Waals surface area (Å²) in [6, 6.07) is 14.0. The van der Waals surface area contributed by atoms with Crippen LogP contribution in [0.1, 0.15) is 5.56 Å². The minimum Gasteiger partial charge on any atom is -0.332 e. The molecule has 1 N–H and O–H groups in total. The minimum absolute atomic E-state index is 0.711. The van der Waals surface area contributed by atoms with Crippen LogP contribution in [0.5, 0.6) is 0 Å². The molecule has 0 radical (unpaired) electrons. The van der Waals surface area contributed by atoms with E-state index in [-0.39, 0.29) is 0 Å². The van der Waals surface area contributed by atoms with Crippen molar-refractivity contribution >= 4 is 44.0 Å². The molecule has 90 valence electrons. The van der Waals surface area contributed by atoms with E-state index in [0.29, 0.717) is 5.02 Å². The second-order valence-electron chi connectivity index (χ2n) is 4.10. The van der Waals surface area contributed by atoms with Crippen LogP contribution in [0.25, 0.3) is 10.2 Å². The second kappa shape index (κ2) is 4.59. The van der Waals surface area contributed by atoms with Crippen molar-refractivity contribution < 1.29 is 0 Å². The van der Waals surface area contributed by atoms with E-state index in [1.54, 1.807) is 11.3 Å². The number of nitrogens with zero attached hydrogens (tertiary/aromatic N) is 1. The first kappa shape index (κ1) is 11.5. The molecule has 0 spiro atoms. The molecule has 0 aliphatic carbocycles. The van der Waals surface area contributed by atoms with E-state index in [4.69, 9.17) is 11.6 Å². The Kier molecular flexibility index (Phi) is 2.94. The highest BCUT2D eigenvalue weighted by molar-refractivity contribution is 7.22. The molecular formula is C14H11ClN2S. The van der Waals surface area contributed by atoms with Crippen LogP contribution in [0.15, 0.2) is 42.5 Å². The van der Waals surface area contributed by atoms with Crippen LogP contribution in [0, 0.1) is 6.92 Å². The zero-order valence-electron chi connectivity index (χ0n) is 9.77. The Labute approximate surface area is 114 Å². The third kappa shape index (κ3) is 2.19. The van der Waals surface area contributed by atoms with Crippen molar-refractivity contribution in [3.8, 4) is 0 Å². The Bertz CT molecular complexity index is 692. The van der Waals surface area contributed by atoms with Gasteiger partial charge in [-0.2, -0.15) is 0 Å². The normalized spacial score (nSPS) is 10.8. The van der Waals surface area contributed by atoms with Gasteiger partial charge in [0.2, 0.25) is 0 Å². The third-order valence-electron chi connectivity index (χ3n) is 2.62. The molecule has 0 unspecified atom stereocenters. The van der Waals surface area contributed by atoms with Crippen molar-refractivity contribution in [2.75, 3.05) is 5.32 Å². The Morgan fingerprint density at radius 1 is 1.17 bits per heavy atom. The molecule has 1 aromatic heterocycles. The number of hydrogen-bond donors (Lipinski definition) is 1. The summed E-state index contributed by atoms with van der Waals surface area (Å²) < 4.78 is 1.11. The standard InChI is InChI=1S/C14H11ClN2S/c1-9-7-11(15)13-12(8-9)18-14(17-13)16-10-5-3-2-4-6-10/h2-8H,1H3,(H,16,17). The van der Waals surface area contributed by atoms with Gasteiger partial charge in [0.25, 0.3) is 0 Å². The molecule has 4 heteroatoms. The number of nitrogens with one attached hydrogen (secondary N) is 1. The van der Waals surface area contributed by atoms with Gasteiger partial charge in [0.1, 0.15) is 5.52 Å². The highest BCUT2D eigenvalue weighted by Gasteiger charge is 2.08. The maximum absolute atomic E-state index is 6.20. The Hall–Kier alpha value is -1.58. The molecule has 18 heavy (non-hydrogen) atoms. The molecule has 0 atom stereocenters. The molecule has 1 heterocycles. The van der Waals surface area contributed by atoms with Crippen LogP contribution in [0.4, 0.5) is 10.8 Å². The summed E-state index contributed by atoms with van der Waals surface area (Å²) in [4.78, 5) is 4.52. The average Bonchev–Trinajstić information content (AvgIpc) is 2.73. The van der Waals surface area contributed by atoms with Gasteiger partial charge >= 0.3 is 0 Å². The van der Waals surface area contributed by atoms with Gasteiger partial charge < -0.3 is 5.32 Å². The molecule has 2 nitrogen and oxygen atoms in total. The molecule has 3 aromatic rings. The smallest absolute Gasteiger partial charge is 0.188 e. The maximum Gasteiger partial charge on any atom is 0.188 e. The van der Waals surface area contributed by atoms with E-state index in [0.717, 1.165) is 26.6 Å². The summed E-state index contributed by atoms with van der Waals surface area (Å²) in [5.74, 6) is 0. The number of thiazole rings is 1. The van der Waals surface area contributed by atoms with Gasteiger partial charge in [0.15, 0.2) is 5.13 Å². The van der Waals surface area contributed by atoms with Crippen molar-refractivity contribution in [1.82, 2.24) is 4.98 Å². The highest BCUT2D eigenvalue weighted by Crippen LogP contribution is 2.33. The monoisotopic (exact) mass is 274 g/mol. The fourth-order valence-corrected chi connectivity index (χ4v) is 3.20. The zero-order valence-corrected chi connectivity index (χ0v) is 11.3. The van der Waals surface area contributed by atoms with Crippen molar-refractivity contribution in [1.29, 1.82) is 0 Å². The topological polar surface area (TPSA) is 24.9 Å². The number of halogens is 1. The molecule has 0 bridgehead atoms. The van der Waals surface area contributed by atoms with Crippen molar-refractivity contribution in [2.45, 2.75) is 6.92 Å². The van der Waals surface area contributed by atoms with Crippen LogP contribution in [0.2, 0.25) is 5.02 Å². The lowest BCUT2D eigenvalue weighted by Crippen LogP contribution is -1.87. The molecule has 2 aromatic carbocycles. The lowest BCUT2D eigenvalue weighted by Gasteiger charge is -1.99. The van der Waals surface area contributed by atoms with E-state index in [1.807, 2.05) is 43.3 Å². The van der Waals surface area contributed by atoms with Crippen LogP contribution in [0.3, 0.4) is 0 Å². The number of fused-ring (bicyclic) bond motifs is 1. The van der Waals surface area contributed by atoms with Gasteiger partial charge in [-0.1, -0.05) is 41.1 Å². The van der Waals surface area contributed by atoms with E-state index in [1.165, 1.54) is 0 Å². The van der Waals surface area contributed by atoms with Crippen molar-refractivity contribution in [2.24, 2.45) is 0 Å². The molecule has 0 saturated heterocycles. The Balaban J connectivity index is 2.01. The fourth-order valence-electron chi connectivity index (χ4n) is 1.82. The first-order valence-electron chi connectivity index (χ1n) is 5.61. The number of rotatable bonds is 2. The highest BCUT2D eigenvalue weighted by atomic mass is 35.5. The summed E-state index contributed by atoms with van der Waals surface area (Å²) in [6.45, 7) is 2.04. The predicted molar refractivity (Wildman–Crippen MR) is 79.1 cm³/mol. The van der Waals surface area contributed by atoms with Gasteiger partial charge in [-0.15, -0.1) is 0 Å². The summed E-state index contributed by atoms with van der Waals surface area (Å²) in [7, 11) is 0. The average molecular weight is 275 g/mol. The van der Waals surface area contributed by atoms with Crippen LogP contribution < -0.4 is 5.32 Å². The maximum atomic E-state index is 6.20. The summed E-state index contributed by atoms with van der Waals surface area (Å²) >= 11 is 7.81. The molecule has 0 saturated carbocycles. The number of aryl methyl sites for hydroxylation is 1. The SMILES string of the molecule is Cc1cc(Cl)c2nc(Nc3ccccc3)sc2c1. The quantitative estimate of drug-likeness (QED) is 0.711. The minimum atomic E-state index is 0.711. The molecule has 0 amide bonds. The first-order valence-corrected chi connectivity index (χ1v) is 6.80. The van der Waals surface area contributed by atoms with Crippen molar-refractivity contribution in [3.05, 3.63) is 53.1 Å². The number of benzene rings is 2. The summed E-state index contributed by atoms with van der Waals surface area (Å²) in [5.41, 5.74) is 3.05. The van der Waals surface area contributed by atoms with Gasteiger partial charge in [-0.3, -0.25) is 0 Å². The number of aromatic nitrogens is 1. The lowest BCUT2D eigenvalue weighted by molar-refractivity contribution is 1.43. The van der Waals surface area contributed by atoms with Gasteiger partial charge in [-0.25, -0.2) is 4.98 Å². The fraction of sp³-hybridized carbons (Fsp3) is 0.0714. The first-order chi connectivity index (χ1) is 8.72. The van der Waals surface area contributed by atoms with Crippen LogP contribution >= 0.6 is 22.9 Å². The number of para-hydroxylation sites is 1. The zero-order chi connectivity index (χ0) is 12.5. The van der Waals surface area contributed by atoms with E-state index >= 15 is 0 Å². The van der Waals surface area contributed by atoms with Crippen LogP contribution in [-0.2, 0) is 0 Å². The number of anilines is 2. The number of hydrogen-bond acceptors (Lipinski definition) is 3. The summed E-state index contributed by atoms with van der Waals surface area (Å²) in [5, 5.41) is 4.86. The van der Waals surface area contributed by atoms with E-state index in [2.05, 4.69) is 16.4 Å². The lowest BCUT2D eigenvalue weighted by atomic mass is 10.2. The van der Waals surface area contributed by atoms with Gasteiger partial charge in [0.05, 0.1) is 9.72 Å². The largest absolute Gasteiger partial charge is 0.332 e. The Morgan fingerprint density at radius 2 is 1.94 bits per heavy atom. The molecule has 0 fully saturated rings. The van der Waals surface area contributed by atoms with Gasteiger partial charge in [-0.05, 0) is 36.8 Å². The van der Waals surface area contributed by atoms with Gasteiger partial charge in [0, 0.05) is 5.69 Å². The van der Waals surface area contributed by atoms with E-state index in [9.17, 15) is 0 Å². The van der Waals surface area contributed by atoms with E-state index < -0.39 is 0 Å².